The van der Waals surface area contributed by atoms with E-state index in [4.69, 9.17) is 0 Å². The van der Waals surface area contributed by atoms with Gasteiger partial charge in [-0.1, -0.05) is 23.9 Å². The molecule has 1 aliphatic carbocycles. The largest absolute Gasteiger partial charge is 0.416 e. The molecule has 1 spiro atoms. The third kappa shape index (κ3) is 4.24. The van der Waals surface area contributed by atoms with Crippen molar-refractivity contribution in [1.82, 2.24) is 25.0 Å². The van der Waals surface area contributed by atoms with Gasteiger partial charge in [0, 0.05) is 38.4 Å². The van der Waals surface area contributed by atoms with Crippen molar-refractivity contribution in [3.05, 3.63) is 41.2 Å². The van der Waals surface area contributed by atoms with Crippen LogP contribution in [-0.4, -0.2) is 58.1 Å². The highest BCUT2D eigenvalue weighted by Gasteiger charge is 2.57. The normalized spacial score (nSPS) is 26.5. The van der Waals surface area contributed by atoms with Gasteiger partial charge in [-0.2, -0.15) is 13.2 Å². The Labute approximate surface area is 184 Å². The molecule has 1 saturated carbocycles. The Hall–Kier alpha value is -1.58. The molecule has 0 radical (unpaired) electrons. The number of likely N-dealkylation sites (tertiary alicyclic amines) is 1. The van der Waals surface area contributed by atoms with Crippen molar-refractivity contribution in [2.45, 2.75) is 42.4 Å². The van der Waals surface area contributed by atoms with Crippen LogP contribution in [0.5, 0.6) is 0 Å². The van der Waals surface area contributed by atoms with Crippen molar-refractivity contribution < 1.29 is 13.2 Å². The topological polar surface area (TPSA) is 46.0 Å². The average molecular weight is 452 g/mol. The highest BCUT2D eigenvalue weighted by molar-refractivity contribution is 7.99. The van der Waals surface area contributed by atoms with E-state index >= 15 is 0 Å². The van der Waals surface area contributed by atoms with Gasteiger partial charge in [0.15, 0.2) is 5.16 Å². The first-order valence-electron chi connectivity index (χ1n) is 11.0. The summed E-state index contributed by atoms with van der Waals surface area (Å²) in [7, 11) is 2.05. The molecule has 3 aliphatic rings. The van der Waals surface area contributed by atoms with E-state index < -0.39 is 11.7 Å². The summed E-state index contributed by atoms with van der Waals surface area (Å²) < 4.78 is 40.5. The van der Waals surface area contributed by atoms with E-state index in [0.717, 1.165) is 74.3 Å². The lowest BCUT2D eigenvalue weighted by Gasteiger charge is -2.25. The number of benzene rings is 1. The first-order chi connectivity index (χ1) is 14.9. The van der Waals surface area contributed by atoms with Gasteiger partial charge in [0.05, 0.1) is 5.56 Å². The number of nitrogens with one attached hydrogen (secondary N) is 1. The van der Waals surface area contributed by atoms with E-state index in [0.29, 0.717) is 11.8 Å². The lowest BCUT2D eigenvalue weighted by molar-refractivity contribution is -0.137. The van der Waals surface area contributed by atoms with Crippen LogP contribution in [0.2, 0.25) is 0 Å². The van der Waals surface area contributed by atoms with Gasteiger partial charge in [-0.15, -0.1) is 10.2 Å². The van der Waals surface area contributed by atoms with Crippen LogP contribution in [0.1, 0.15) is 48.0 Å². The third-order valence-corrected chi connectivity index (χ3v) is 8.27. The molecule has 3 fully saturated rings. The van der Waals surface area contributed by atoms with Gasteiger partial charge in [0.1, 0.15) is 5.82 Å². The van der Waals surface area contributed by atoms with E-state index in [2.05, 4.69) is 32.0 Å². The first-order valence-corrected chi connectivity index (χ1v) is 12.0. The Morgan fingerprint density at radius 1 is 1.19 bits per heavy atom. The van der Waals surface area contributed by atoms with Crippen LogP contribution in [0.25, 0.3) is 0 Å². The molecule has 2 aliphatic heterocycles. The van der Waals surface area contributed by atoms with Crippen LogP contribution < -0.4 is 5.32 Å². The minimum absolute atomic E-state index is 0.280. The molecule has 5 nitrogen and oxygen atoms in total. The zero-order chi connectivity index (χ0) is 21.6. The number of rotatable bonds is 7. The highest BCUT2D eigenvalue weighted by Crippen LogP contribution is 2.64. The van der Waals surface area contributed by atoms with Crippen LogP contribution in [0.15, 0.2) is 29.4 Å². The van der Waals surface area contributed by atoms with Crippen LogP contribution in [0.4, 0.5) is 13.2 Å². The summed E-state index contributed by atoms with van der Waals surface area (Å²) in [5, 5.41) is 13.0. The number of hydrogen-bond acceptors (Lipinski definition) is 5. The second kappa shape index (κ2) is 8.08. The van der Waals surface area contributed by atoms with E-state index in [1.807, 2.05) is 0 Å². The van der Waals surface area contributed by atoms with Gasteiger partial charge in [-0.25, -0.2) is 0 Å². The molecule has 31 heavy (non-hydrogen) atoms. The van der Waals surface area contributed by atoms with E-state index in [9.17, 15) is 13.2 Å². The van der Waals surface area contributed by atoms with Gasteiger partial charge >= 0.3 is 6.18 Å². The van der Waals surface area contributed by atoms with Crippen molar-refractivity contribution in [2.24, 2.45) is 12.5 Å². The smallest absolute Gasteiger partial charge is 0.315 e. The molecule has 2 atom stereocenters. The zero-order valence-electron chi connectivity index (χ0n) is 17.7. The van der Waals surface area contributed by atoms with Crippen molar-refractivity contribution in [2.75, 3.05) is 38.5 Å². The SMILES string of the molecule is Cn1c(SCCCN2CCC3(CC3c3ccc(C(F)(F)F)cc3)C2)nnc1C1CNC1. The summed E-state index contributed by atoms with van der Waals surface area (Å²) in [6.07, 6.45) is -0.920. The molecule has 2 saturated heterocycles. The average Bonchev–Trinajstić information content (AvgIpc) is 3.06. The van der Waals surface area contributed by atoms with E-state index in [1.54, 1.807) is 23.9 Å². The molecule has 0 amide bonds. The summed E-state index contributed by atoms with van der Waals surface area (Å²) in [5.41, 5.74) is 0.781. The lowest BCUT2D eigenvalue weighted by atomic mass is 9.97. The summed E-state index contributed by atoms with van der Waals surface area (Å²) in [5.74, 6) is 2.99. The van der Waals surface area contributed by atoms with E-state index in [1.165, 1.54) is 12.1 Å². The monoisotopic (exact) mass is 451 g/mol. The lowest BCUT2D eigenvalue weighted by Crippen LogP contribution is -2.41. The van der Waals surface area contributed by atoms with Crippen molar-refractivity contribution >= 4 is 11.8 Å². The molecule has 2 aromatic rings. The molecule has 168 valence electrons. The van der Waals surface area contributed by atoms with Crippen LogP contribution >= 0.6 is 11.8 Å². The zero-order valence-corrected chi connectivity index (χ0v) is 18.5. The molecule has 3 heterocycles. The summed E-state index contributed by atoms with van der Waals surface area (Å²) in [6.45, 7) is 5.18. The van der Waals surface area contributed by atoms with Crippen molar-refractivity contribution in [1.29, 1.82) is 0 Å². The molecule has 1 N–H and O–H groups in total. The number of hydrogen-bond donors (Lipinski definition) is 1. The van der Waals surface area contributed by atoms with Gasteiger partial charge in [0.2, 0.25) is 0 Å². The quantitative estimate of drug-likeness (QED) is 0.511. The number of nitrogens with zero attached hydrogens (tertiary/aromatic N) is 4. The number of halogens is 3. The van der Waals surface area contributed by atoms with Crippen LogP contribution in [0, 0.1) is 5.41 Å². The molecule has 5 rings (SSSR count). The summed E-state index contributed by atoms with van der Waals surface area (Å²) in [6, 6.07) is 5.81. The fourth-order valence-electron chi connectivity index (χ4n) is 5.08. The van der Waals surface area contributed by atoms with Gasteiger partial charge in [-0.05, 0) is 61.4 Å². The van der Waals surface area contributed by atoms with E-state index in [-0.39, 0.29) is 5.41 Å². The minimum atomic E-state index is -4.26. The van der Waals surface area contributed by atoms with Gasteiger partial charge in [0.25, 0.3) is 0 Å². The molecule has 1 aromatic heterocycles. The second-order valence-electron chi connectivity index (χ2n) is 9.22. The number of alkyl halides is 3. The summed E-state index contributed by atoms with van der Waals surface area (Å²) in [4.78, 5) is 2.52. The molecule has 2 unspecified atom stereocenters. The first kappa shape index (κ1) is 21.3. The molecular weight excluding hydrogens is 423 g/mol. The third-order valence-electron chi connectivity index (χ3n) is 7.16. The van der Waals surface area contributed by atoms with Crippen molar-refractivity contribution in [3.63, 3.8) is 0 Å². The molecular formula is C22H28F3N5S. The fourth-order valence-corrected chi connectivity index (χ4v) is 5.92. The van der Waals surface area contributed by atoms with Crippen LogP contribution in [0.3, 0.4) is 0 Å². The predicted molar refractivity (Wildman–Crippen MR) is 114 cm³/mol. The van der Waals surface area contributed by atoms with Gasteiger partial charge < -0.3 is 14.8 Å². The standard InChI is InChI=1S/C22H28F3N5S/c1-29-19(16-12-26-13-16)27-28-20(29)31-10-2-8-30-9-7-21(14-30)11-18(21)15-3-5-17(6-4-15)22(23,24)25/h3-6,16,18,26H,2,7-14H2,1H3. The second-order valence-corrected chi connectivity index (χ2v) is 10.3. The van der Waals surface area contributed by atoms with Crippen LogP contribution in [-0.2, 0) is 13.2 Å². The number of thioether (sulfide) groups is 1. The molecule has 0 bridgehead atoms. The Morgan fingerprint density at radius 3 is 2.65 bits per heavy atom. The Bertz CT molecular complexity index is 924. The number of aromatic nitrogens is 3. The Kier molecular flexibility index (Phi) is 5.55. The Balaban J connectivity index is 1.07. The molecule has 9 heteroatoms. The minimum Gasteiger partial charge on any atom is -0.315 e. The van der Waals surface area contributed by atoms with Crippen molar-refractivity contribution in [3.8, 4) is 0 Å². The summed E-state index contributed by atoms with van der Waals surface area (Å²) >= 11 is 1.77. The maximum atomic E-state index is 12.8. The van der Waals surface area contributed by atoms with Gasteiger partial charge in [-0.3, -0.25) is 0 Å². The maximum Gasteiger partial charge on any atom is 0.416 e. The fraction of sp³-hybridized carbons (Fsp3) is 0.636. The highest BCUT2D eigenvalue weighted by atomic mass is 32.2. The predicted octanol–water partition coefficient (Wildman–Crippen LogP) is 3.88. The maximum absolute atomic E-state index is 12.8. The Morgan fingerprint density at radius 2 is 1.97 bits per heavy atom. The molecule has 1 aromatic carbocycles.